The number of nitrogens with zero attached hydrogens (tertiary/aromatic N) is 3. The Morgan fingerprint density at radius 1 is 1.25 bits per heavy atom. The van der Waals surface area contributed by atoms with E-state index in [9.17, 15) is 4.79 Å². The number of esters is 1. The highest BCUT2D eigenvalue weighted by Crippen LogP contribution is 2.13. The van der Waals surface area contributed by atoms with Crippen LogP contribution < -0.4 is 0 Å². The molecule has 0 N–H and O–H groups in total. The number of carbonyl (C=O) groups is 1. The fourth-order valence-electron chi connectivity index (χ4n) is 2.04. The molecule has 3 aromatic rings. The lowest BCUT2D eigenvalue weighted by Crippen LogP contribution is -2.07. The smallest absolute Gasteiger partial charge is 0.338 e. The molecule has 0 atom stereocenters. The van der Waals surface area contributed by atoms with Crippen LogP contribution in [0.1, 0.15) is 21.7 Å². The number of aromatic nitrogens is 3. The molecule has 0 saturated heterocycles. The zero-order valence-electron chi connectivity index (χ0n) is 11.0. The van der Waals surface area contributed by atoms with Crippen molar-refractivity contribution in [2.75, 3.05) is 0 Å². The topological polar surface area (TPSA) is 56.5 Å². The van der Waals surface area contributed by atoms with Gasteiger partial charge in [0, 0.05) is 18.6 Å². The first-order chi connectivity index (χ1) is 9.75. The van der Waals surface area contributed by atoms with E-state index in [2.05, 4.69) is 9.97 Å². The van der Waals surface area contributed by atoms with Gasteiger partial charge in [0.05, 0.1) is 17.0 Å². The highest BCUT2D eigenvalue weighted by Gasteiger charge is 2.12. The van der Waals surface area contributed by atoms with Crippen molar-refractivity contribution in [3.63, 3.8) is 0 Å². The first kappa shape index (κ1) is 12.3. The maximum Gasteiger partial charge on any atom is 0.338 e. The molecule has 100 valence electrons. The zero-order valence-corrected chi connectivity index (χ0v) is 11.0. The Morgan fingerprint density at radius 2 is 2.05 bits per heavy atom. The number of aryl methyl sites for hydroxylation is 1. The Hall–Kier alpha value is -2.69. The number of fused-ring (bicyclic) bond motifs is 1. The van der Waals surface area contributed by atoms with Crippen LogP contribution in [0.15, 0.2) is 48.9 Å². The van der Waals surface area contributed by atoms with Crippen LogP contribution in [0.4, 0.5) is 0 Å². The number of hydrogen-bond acceptors (Lipinski definition) is 4. The normalized spacial score (nSPS) is 10.7. The molecule has 3 rings (SSSR count). The van der Waals surface area contributed by atoms with Crippen molar-refractivity contribution in [2.24, 2.45) is 0 Å². The first-order valence-electron chi connectivity index (χ1n) is 6.25. The van der Waals surface area contributed by atoms with Gasteiger partial charge in [-0.05, 0) is 31.2 Å². The number of hydrogen-bond donors (Lipinski definition) is 0. The molecule has 0 radical (unpaired) electrons. The van der Waals surface area contributed by atoms with Crippen LogP contribution in [0.2, 0.25) is 0 Å². The van der Waals surface area contributed by atoms with E-state index in [1.54, 1.807) is 24.5 Å². The Labute approximate surface area is 115 Å². The molecule has 5 nitrogen and oxygen atoms in total. The van der Waals surface area contributed by atoms with Crippen molar-refractivity contribution in [3.8, 4) is 0 Å². The summed E-state index contributed by atoms with van der Waals surface area (Å²) in [6, 6.07) is 9.02. The van der Waals surface area contributed by atoms with Crippen LogP contribution in [0.3, 0.4) is 0 Å². The van der Waals surface area contributed by atoms with Crippen molar-refractivity contribution in [1.82, 2.24) is 14.4 Å². The molecule has 0 aliphatic carbocycles. The molecular weight excluding hydrogens is 254 g/mol. The minimum absolute atomic E-state index is 0.193. The van der Waals surface area contributed by atoms with Gasteiger partial charge < -0.3 is 9.14 Å². The third-order valence-corrected chi connectivity index (χ3v) is 3.09. The van der Waals surface area contributed by atoms with E-state index < -0.39 is 0 Å². The molecule has 3 aromatic heterocycles. The average Bonchev–Trinajstić information content (AvgIpc) is 2.81. The van der Waals surface area contributed by atoms with Crippen molar-refractivity contribution in [1.29, 1.82) is 0 Å². The summed E-state index contributed by atoms with van der Waals surface area (Å²) < 4.78 is 7.26. The second kappa shape index (κ2) is 5.13. The Balaban J connectivity index is 1.81. The summed E-state index contributed by atoms with van der Waals surface area (Å²) in [6.07, 6.45) is 5.04. The van der Waals surface area contributed by atoms with Gasteiger partial charge in [-0.3, -0.25) is 4.98 Å². The molecule has 0 spiro atoms. The predicted octanol–water partition coefficient (Wildman–Crippen LogP) is 2.39. The summed E-state index contributed by atoms with van der Waals surface area (Å²) in [5, 5.41) is 0. The van der Waals surface area contributed by atoms with Gasteiger partial charge in [-0.15, -0.1) is 0 Å². The number of pyridine rings is 2. The molecule has 0 aliphatic rings. The second-order valence-corrected chi connectivity index (χ2v) is 4.38. The van der Waals surface area contributed by atoms with Crippen LogP contribution in [0.25, 0.3) is 5.65 Å². The minimum atomic E-state index is -0.363. The minimum Gasteiger partial charge on any atom is -0.456 e. The second-order valence-electron chi connectivity index (χ2n) is 4.38. The predicted molar refractivity (Wildman–Crippen MR) is 73.3 cm³/mol. The molecule has 0 unspecified atom stereocenters. The number of rotatable bonds is 3. The molecule has 0 fully saturated rings. The van der Waals surface area contributed by atoms with Crippen molar-refractivity contribution >= 4 is 11.6 Å². The van der Waals surface area contributed by atoms with Crippen molar-refractivity contribution < 1.29 is 9.53 Å². The van der Waals surface area contributed by atoms with Gasteiger partial charge in [0.25, 0.3) is 0 Å². The first-order valence-corrected chi connectivity index (χ1v) is 6.25. The molecular formula is C15H13N3O2. The number of ether oxygens (including phenoxy) is 1. The maximum absolute atomic E-state index is 11.9. The van der Waals surface area contributed by atoms with Gasteiger partial charge in [-0.2, -0.15) is 0 Å². The van der Waals surface area contributed by atoms with Crippen LogP contribution in [-0.2, 0) is 11.3 Å². The largest absolute Gasteiger partial charge is 0.456 e. The molecule has 5 heteroatoms. The lowest BCUT2D eigenvalue weighted by Gasteiger charge is -2.05. The highest BCUT2D eigenvalue weighted by atomic mass is 16.5. The van der Waals surface area contributed by atoms with E-state index in [0.29, 0.717) is 5.56 Å². The lowest BCUT2D eigenvalue weighted by molar-refractivity contribution is 0.0466. The van der Waals surface area contributed by atoms with Gasteiger partial charge >= 0.3 is 5.97 Å². The summed E-state index contributed by atoms with van der Waals surface area (Å²) in [4.78, 5) is 20.2. The lowest BCUT2D eigenvalue weighted by atomic mass is 10.3. The van der Waals surface area contributed by atoms with Crippen molar-refractivity contribution in [3.05, 3.63) is 65.9 Å². The van der Waals surface area contributed by atoms with E-state index in [1.165, 1.54) is 0 Å². The van der Waals surface area contributed by atoms with E-state index in [1.807, 2.05) is 35.7 Å². The van der Waals surface area contributed by atoms with E-state index >= 15 is 0 Å². The van der Waals surface area contributed by atoms with E-state index in [0.717, 1.165) is 17.0 Å². The van der Waals surface area contributed by atoms with Gasteiger partial charge in [-0.1, -0.05) is 6.07 Å². The Kier molecular flexibility index (Phi) is 3.16. The van der Waals surface area contributed by atoms with Gasteiger partial charge in [0.2, 0.25) is 0 Å². The summed E-state index contributed by atoms with van der Waals surface area (Å²) in [5.74, 6) is -0.363. The SMILES string of the molecule is Cc1nc2ccccn2c1COC(=O)c1ccncc1. The quantitative estimate of drug-likeness (QED) is 0.684. The van der Waals surface area contributed by atoms with Gasteiger partial charge in [0.1, 0.15) is 12.3 Å². The Bertz CT molecular complexity index is 750. The molecule has 0 amide bonds. The van der Waals surface area contributed by atoms with Crippen molar-refractivity contribution in [2.45, 2.75) is 13.5 Å². The monoisotopic (exact) mass is 267 g/mol. The van der Waals surface area contributed by atoms with Gasteiger partial charge in [-0.25, -0.2) is 9.78 Å². The summed E-state index contributed by atoms with van der Waals surface area (Å²) in [6.45, 7) is 2.10. The van der Waals surface area contributed by atoms with E-state index in [-0.39, 0.29) is 12.6 Å². The maximum atomic E-state index is 11.9. The summed E-state index contributed by atoms with van der Waals surface area (Å²) in [5.41, 5.74) is 3.08. The Morgan fingerprint density at radius 3 is 2.85 bits per heavy atom. The number of carbonyl (C=O) groups excluding carboxylic acids is 1. The average molecular weight is 267 g/mol. The molecule has 20 heavy (non-hydrogen) atoms. The van der Waals surface area contributed by atoms with E-state index in [4.69, 9.17) is 4.74 Å². The summed E-state index contributed by atoms with van der Waals surface area (Å²) in [7, 11) is 0. The van der Waals surface area contributed by atoms with Crippen LogP contribution in [0, 0.1) is 6.92 Å². The zero-order chi connectivity index (χ0) is 13.9. The standard InChI is InChI=1S/C15H13N3O2/c1-11-13(18-9-3-2-4-14(18)17-11)10-20-15(19)12-5-7-16-8-6-12/h2-9H,10H2,1H3. The number of imidazole rings is 1. The molecule has 0 saturated carbocycles. The summed E-state index contributed by atoms with van der Waals surface area (Å²) >= 11 is 0. The van der Waals surface area contributed by atoms with Crippen LogP contribution in [-0.4, -0.2) is 20.3 Å². The molecule has 0 bridgehead atoms. The van der Waals surface area contributed by atoms with Crippen LogP contribution in [0.5, 0.6) is 0 Å². The fourth-order valence-corrected chi connectivity index (χ4v) is 2.04. The third-order valence-electron chi connectivity index (χ3n) is 3.09. The van der Waals surface area contributed by atoms with Crippen LogP contribution >= 0.6 is 0 Å². The third kappa shape index (κ3) is 2.25. The molecule has 3 heterocycles. The molecule has 0 aromatic carbocycles. The van der Waals surface area contributed by atoms with Gasteiger partial charge in [0.15, 0.2) is 0 Å². The molecule has 0 aliphatic heterocycles. The highest BCUT2D eigenvalue weighted by molar-refractivity contribution is 5.89. The fraction of sp³-hybridized carbons (Fsp3) is 0.133.